The number of nitrogen functional groups attached to an aromatic ring is 1. The Hall–Kier alpha value is -0.550. The average molecular weight is 290 g/mol. The lowest BCUT2D eigenvalue weighted by Crippen LogP contribution is -1.93. The number of halogens is 2. The quantitative estimate of drug-likeness (QED) is 0.734. The highest BCUT2D eigenvalue weighted by Gasteiger charge is 2.16. The van der Waals surface area contributed by atoms with Gasteiger partial charge in [0, 0.05) is 4.47 Å². The number of hydrogen-bond acceptors (Lipinski definition) is 2. The molecule has 0 fully saturated rings. The summed E-state index contributed by atoms with van der Waals surface area (Å²) >= 11 is 6.68. The summed E-state index contributed by atoms with van der Waals surface area (Å²) in [7, 11) is 0. The maximum absolute atomic E-state index is 5.75. The van der Waals surface area contributed by atoms with Gasteiger partial charge in [-0.3, -0.25) is 0 Å². The van der Waals surface area contributed by atoms with Gasteiger partial charge in [-0.25, -0.2) is 10.3 Å². The number of nitrogens with two attached hydrogens (primary N) is 1. The number of aliphatic imine (C=N–C) groups is 1. The van der Waals surface area contributed by atoms with Crippen LogP contribution in [0.3, 0.4) is 0 Å². The van der Waals surface area contributed by atoms with Crippen LogP contribution in [0.1, 0.15) is 0 Å². The SMILES string of the molecule is Nc1c(Br)cc2c(c1Br)[N]C=N2. The van der Waals surface area contributed by atoms with Crippen molar-refractivity contribution in [2.24, 2.45) is 4.99 Å². The summed E-state index contributed by atoms with van der Waals surface area (Å²) in [5.41, 5.74) is 8.04. The summed E-state index contributed by atoms with van der Waals surface area (Å²) in [6.07, 6.45) is 1.52. The molecule has 0 aromatic heterocycles. The number of anilines is 1. The van der Waals surface area contributed by atoms with Crippen molar-refractivity contribution < 1.29 is 0 Å². The van der Waals surface area contributed by atoms with E-state index in [1.54, 1.807) is 0 Å². The second-order valence-corrected chi connectivity index (χ2v) is 3.97. The number of nitrogens with zero attached hydrogens (tertiary/aromatic N) is 2. The molecule has 0 unspecified atom stereocenters. The van der Waals surface area contributed by atoms with Crippen molar-refractivity contribution in [3.05, 3.63) is 15.0 Å². The van der Waals surface area contributed by atoms with E-state index in [-0.39, 0.29) is 0 Å². The van der Waals surface area contributed by atoms with E-state index in [0.717, 1.165) is 20.3 Å². The molecule has 3 nitrogen and oxygen atoms in total. The lowest BCUT2D eigenvalue weighted by Gasteiger charge is -2.05. The van der Waals surface area contributed by atoms with Crippen molar-refractivity contribution in [1.29, 1.82) is 0 Å². The molecule has 1 aliphatic rings. The van der Waals surface area contributed by atoms with Gasteiger partial charge in [0.15, 0.2) is 0 Å². The molecular weight excluding hydrogens is 286 g/mol. The fraction of sp³-hybridized carbons (Fsp3) is 0. The van der Waals surface area contributed by atoms with Crippen LogP contribution in [0.4, 0.5) is 17.1 Å². The first kappa shape index (κ1) is 8.07. The van der Waals surface area contributed by atoms with Crippen LogP contribution in [-0.4, -0.2) is 6.34 Å². The maximum Gasteiger partial charge on any atom is 0.116 e. The molecule has 61 valence electrons. The normalized spacial score (nSPS) is 12.8. The summed E-state index contributed by atoms with van der Waals surface area (Å²) in [5, 5.41) is 4.06. The Morgan fingerprint density at radius 2 is 2.08 bits per heavy atom. The van der Waals surface area contributed by atoms with Crippen molar-refractivity contribution in [2.45, 2.75) is 0 Å². The molecule has 2 N–H and O–H groups in total. The first-order chi connectivity index (χ1) is 5.70. The third kappa shape index (κ3) is 1.04. The first-order valence-corrected chi connectivity index (χ1v) is 4.79. The zero-order valence-corrected chi connectivity index (χ0v) is 9.05. The van der Waals surface area contributed by atoms with Gasteiger partial charge in [-0.15, -0.1) is 0 Å². The van der Waals surface area contributed by atoms with Gasteiger partial charge in [-0.2, -0.15) is 0 Å². The number of benzene rings is 1. The van der Waals surface area contributed by atoms with E-state index >= 15 is 0 Å². The average Bonchev–Trinajstić information content (AvgIpc) is 2.48. The van der Waals surface area contributed by atoms with E-state index in [1.165, 1.54) is 6.34 Å². The van der Waals surface area contributed by atoms with Crippen LogP contribution in [-0.2, 0) is 0 Å². The van der Waals surface area contributed by atoms with Crippen molar-refractivity contribution in [3.8, 4) is 0 Å². The Morgan fingerprint density at radius 3 is 2.83 bits per heavy atom. The molecule has 1 aromatic carbocycles. The lowest BCUT2D eigenvalue weighted by atomic mass is 10.2. The molecule has 0 amide bonds. The lowest BCUT2D eigenvalue weighted by molar-refractivity contribution is 1.33. The zero-order valence-electron chi connectivity index (χ0n) is 5.88. The van der Waals surface area contributed by atoms with Gasteiger partial charge in [0.25, 0.3) is 0 Å². The zero-order chi connectivity index (χ0) is 8.72. The van der Waals surface area contributed by atoms with Gasteiger partial charge in [-0.1, -0.05) is 0 Å². The summed E-state index contributed by atoms with van der Waals surface area (Å²) < 4.78 is 1.63. The van der Waals surface area contributed by atoms with Gasteiger partial charge in [0.1, 0.15) is 12.0 Å². The smallest absolute Gasteiger partial charge is 0.116 e. The van der Waals surface area contributed by atoms with Crippen molar-refractivity contribution in [2.75, 3.05) is 5.73 Å². The minimum atomic E-state index is 0.656. The van der Waals surface area contributed by atoms with E-state index in [0.29, 0.717) is 5.69 Å². The molecule has 0 aliphatic carbocycles. The molecule has 1 aromatic rings. The Balaban J connectivity index is 2.72. The summed E-state index contributed by atoms with van der Waals surface area (Å²) in [5.74, 6) is 0. The molecule has 12 heavy (non-hydrogen) atoms. The van der Waals surface area contributed by atoms with Crippen LogP contribution in [0.25, 0.3) is 0 Å². The van der Waals surface area contributed by atoms with E-state index in [2.05, 4.69) is 42.2 Å². The van der Waals surface area contributed by atoms with Crippen LogP contribution in [0.5, 0.6) is 0 Å². The predicted octanol–water partition coefficient (Wildman–Crippen LogP) is 2.70. The highest BCUT2D eigenvalue weighted by atomic mass is 79.9. The number of rotatable bonds is 0. The van der Waals surface area contributed by atoms with Crippen LogP contribution in [0.15, 0.2) is 20.0 Å². The first-order valence-electron chi connectivity index (χ1n) is 3.21. The Labute approximate surface area is 86.3 Å². The van der Waals surface area contributed by atoms with E-state index in [9.17, 15) is 0 Å². The topological polar surface area (TPSA) is 52.5 Å². The molecule has 0 bridgehead atoms. The Morgan fingerprint density at radius 1 is 1.33 bits per heavy atom. The minimum Gasteiger partial charge on any atom is -0.397 e. The van der Waals surface area contributed by atoms with Crippen LogP contribution in [0.2, 0.25) is 0 Å². The second kappa shape index (κ2) is 2.74. The third-order valence-electron chi connectivity index (χ3n) is 1.59. The predicted molar refractivity (Wildman–Crippen MR) is 56.2 cm³/mol. The van der Waals surface area contributed by atoms with Crippen LogP contribution < -0.4 is 11.1 Å². The summed E-state index contributed by atoms with van der Waals surface area (Å²) in [6, 6.07) is 1.85. The minimum absolute atomic E-state index is 0.656. The third-order valence-corrected chi connectivity index (χ3v) is 3.05. The highest BCUT2D eigenvalue weighted by Crippen LogP contribution is 2.43. The Kier molecular flexibility index (Phi) is 1.84. The monoisotopic (exact) mass is 288 g/mol. The fourth-order valence-corrected chi connectivity index (χ4v) is 2.18. The number of fused-ring (bicyclic) bond motifs is 1. The standard InChI is InChI=1S/C7H4Br2N3/c8-3-1-4-7(12-2-11-4)5(9)6(3)10/h1-2H,10H2. The van der Waals surface area contributed by atoms with Crippen molar-refractivity contribution in [1.82, 2.24) is 5.32 Å². The van der Waals surface area contributed by atoms with E-state index in [1.807, 2.05) is 6.07 Å². The molecule has 1 aliphatic heterocycles. The largest absolute Gasteiger partial charge is 0.397 e. The fourth-order valence-electron chi connectivity index (χ4n) is 0.981. The van der Waals surface area contributed by atoms with Gasteiger partial charge < -0.3 is 5.73 Å². The van der Waals surface area contributed by atoms with Crippen molar-refractivity contribution in [3.63, 3.8) is 0 Å². The highest BCUT2D eigenvalue weighted by molar-refractivity contribution is 9.11. The van der Waals surface area contributed by atoms with E-state index < -0.39 is 0 Å². The molecule has 0 saturated carbocycles. The summed E-state index contributed by atoms with van der Waals surface area (Å²) in [4.78, 5) is 4.05. The molecule has 5 heteroatoms. The maximum atomic E-state index is 5.75. The molecular formula is C7H4Br2N3. The van der Waals surface area contributed by atoms with Crippen molar-refractivity contribution >= 4 is 55.3 Å². The number of hydrogen-bond donors (Lipinski definition) is 1. The molecule has 1 radical (unpaired) electrons. The Bertz CT molecular complexity index is 373. The summed E-state index contributed by atoms with van der Waals surface area (Å²) in [6.45, 7) is 0. The van der Waals surface area contributed by atoms with Gasteiger partial charge in [0.05, 0.1) is 15.8 Å². The molecule has 1 heterocycles. The van der Waals surface area contributed by atoms with E-state index in [4.69, 9.17) is 5.73 Å². The van der Waals surface area contributed by atoms with Gasteiger partial charge >= 0.3 is 0 Å². The van der Waals surface area contributed by atoms with Gasteiger partial charge in [0.2, 0.25) is 0 Å². The molecule has 2 rings (SSSR count). The molecule has 0 saturated heterocycles. The van der Waals surface area contributed by atoms with Gasteiger partial charge in [-0.05, 0) is 37.9 Å². The molecule has 0 spiro atoms. The second-order valence-electron chi connectivity index (χ2n) is 2.33. The van der Waals surface area contributed by atoms with Crippen LogP contribution in [0, 0.1) is 0 Å². The van der Waals surface area contributed by atoms with Crippen LogP contribution >= 0.6 is 31.9 Å². The molecule has 0 atom stereocenters.